The molecule has 1 atom stereocenters. The third-order valence-corrected chi connectivity index (χ3v) is 5.06. The van der Waals surface area contributed by atoms with E-state index >= 15 is 0 Å². The van der Waals surface area contributed by atoms with E-state index in [1.54, 1.807) is 19.6 Å². The van der Waals surface area contributed by atoms with Gasteiger partial charge in [0, 0.05) is 44.2 Å². The molecule has 0 aromatic carbocycles. The minimum atomic E-state index is 0.260. The van der Waals surface area contributed by atoms with Crippen LogP contribution in [0.2, 0.25) is 0 Å². The third-order valence-electron chi connectivity index (χ3n) is 5.06. The third kappa shape index (κ3) is 4.30. The second-order valence-electron chi connectivity index (χ2n) is 6.81. The van der Waals surface area contributed by atoms with E-state index in [1.807, 2.05) is 11.0 Å². The fraction of sp³-hybridized carbons (Fsp3) is 0.667. The maximum Gasteiger partial charge on any atom is 0.225 e. The molecule has 1 saturated carbocycles. The Hall–Kier alpha value is -1.98. The normalized spacial score (nSPS) is 22.6. The number of nitrogens with one attached hydrogen (secondary N) is 2. The minimum Gasteiger partial charge on any atom is -0.472 e. The molecular formula is C18H28N4O2. The molecule has 1 amide bonds. The van der Waals surface area contributed by atoms with E-state index in [0.29, 0.717) is 12.5 Å². The van der Waals surface area contributed by atoms with Crippen molar-refractivity contribution in [3.05, 3.63) is 24.2 Å². The van der Waals surface area contributed by atoms with Crippen molar-refractivity contribution < 1.29 is 9.21 Å². The van der Waals surface area contributed by atoms with Crippen molar-refractivity contribution in [2.75, 3.05) is 20.1 Å². The topological polar surface area (TPSA) is 69.9 Å². The highest BCUT2D eigenvalue weighted by molar-refractivity contribution is 5.81. The predicted molar refractivity (Wildman–Crippen MR) is 93.6 cm³/mol. The van der Waals surface area contributed by atoms with Crippen LogP contribution in [-0.2, 0) is 11.3 Å². The van der Waals surface area contributed by atoms with Gasteiger partial charge in [-0.25, -0.2) is 0 Å². The summed E-state index contributed by atoms with van der Waals surface area (Å²) in [7, 11) is 1.77. The van der Waals surface area contributed by atoms with Crippen molar-refractivity contribution in [2.45, 2.75) is 51.1 Å². The van der Waals surface area contributed by atoms with Crippen molar-refractivity contribution >= 4 is 11.9 Å². The van der Waals surface area contributed by atoms with Gasteiger partial charge in [0.05, 0.1) is 12.5 Å². The van der Waals surface area contributed by atoms with Gasteiger partial charge in [0.15, 0.2) is 5.96 Å². The largest absolute Gasteiger partial charge is 0.472 e. The zero-order valence-electron chi connectivity index (χ0n) is 14.5. The molecule has 6 nitrogen and oxygen atoms in total. The zero-order valence-corrected chi connectivity index (χ0v) is 14.5. The van der Waals surface area contributed by atoms with Crippen molar-refractivity contribution in [3.63, 3.8) is 0 Å². The number of carbonyl (C=O) groups is 1. The van der Waals surface area contributed by atoms with Crippen LogP contribution in [-0.4, -0.2) is 42.9 Å². The average Bonchev–Trinajstić information content (AvgIpc) is 3.30. The molecule has 0 spiro atoms. The maximum atomic E-state index is 12.6. The number of amides is 1. The summed E-state index contributed by atoms with van der Waals surface area (Å²) in [6.45, 7) is 2.31. The summed E-state index contributed by atoms with van der Waals surface area (Å²) in [5.74, 6) is 1.39. The number of furan rings is 1. The fourth-order valence-corrected chi connectivity index (χ4v) is 3.65. The van der Waals surface area contributed by atoms with Crippen molar-refractivity contribution in [1.82, 2.24) is 15.5 Å². The Morgan fingerprint density at radius 3 is 2.88 bits per heavy atom. The number of rotatable bonds is 4. The molecule has 1 aliphatic carbocycles. The molecule has 3 rings (SSSR count). The smallest absolute Gasteiger partial charge is 0.225 e. The Labute approximate surface area is 143 Å². The monoisotopic (exact) mass is 332 g/mol. The van der Waals surface area contributed by atoms with E-state index < -0.39 is 0 Å². The molecule has 1 saturated heterocycles. The van der Waals surface area contributed by atoms with Gasteiger partial charge in [0.1, 0.15) is 0 Å². The zero-order chi connectivity index (χ0) is 16.8. The van der Waals surface area contributed by atoms with Gasteiger partial charge in [-0.15, -0.1) is 0 Å². The summed E-state index contributed by atoms with van der Waals surface area (Å²) in [5.41, 5.74) is 1.08. The van der Waals surface area contributed by atoms with Crippen LogP contribution >= 0.6 is 0 Å². The Morgan fingerprint density at radius 1 is 1.33 bits per heavy atom. The minimum absolute atomic E-state index is 0.260. The second kappa shape index (κ2) is 8.22. The van der Waals surface area contributed by atoms with Gasteiger partial charge in [0.2, 0.25) is 5.91 Å². The highest BCUT2D eigenvalue weighted by Gasteiger charge is 2.31. The Bertz CT molecular complexity index is 549. The fourth-order valence-electron chi connectivity index (χ4n) is 3.65. The molecule has 2 aliphatic rings. The van der Waals surface area contributed by atoms with Gasteiger partial charge in [-0.2, -0.15) is 0 Å². The molecule has 0 radical (unpaired) electrons. The number of likely N-dealkylation sites (tertiary alicyclic amines) is 1. The van der Waals surface area contributed by atoms with E-state index in [4.69, 9.17) is 4.42 Å². The number of hydrogen-bond acceptors (Lipinski definition) is 3. The Morgan fingerprint density at radius 2 is 2.17 bits per heavy atom. The van der Waals surface area contributed by atoms with Crippen LogP contribution in [0.1, 0.15) is 44.1 Å². The van der Waals surface area contributed by atoms with Gasteiger partial charge in [-0.05, 0) is 25.3 Å². The number of hydrogen-bond donors (Lipinski definition) is 2. The maximum absolute atomic E-state index is 12.6. The van der Waals surface area contributed by atoms with E-state index in [-0.39, 0.29) is 12.0 Å². The summed E-state index contributed by atoms with van der Waals surface area (Å²) < 4.78 is 5.07. The van der Waals surface area contributed by atoms with Crippen LogP contribution in [0.4, 0.5) is 0 Å². The van der Waals surface area contributed by atoms with Gasteiger partial charge >= 0.3 is 0 Å². The molecular weight excluding hydrogens is 304 g/mol. The van der Waals surface area contributed by atoms with Crippen LogP contribution < -0.4 is 10.6 Å². The molecule has 24 heavy (non-hydrogen) atoms. The Balaban J connectivity index is 1.45. The molecule has 0 bridgehead atoms. The quantitative estimate of drug-likeness (QED) is 0.654. The van der Waals surface area contributed by atoms with Crippen molar-refractivity contribution in [1.29, 1.82) is 0 Å². The highest BCUT2D eigenvalue weighted by atomic mass is 16.3. The number of carbonyl (C=O) groups excluding carboxylic acids is 1. The lowest BCUT2D eigenvalue weighted by Gasteiger charge is -2.26. The number of guanidine groups is 1. The first-order valence-electron chi connectivity index (χ1n) is 9.03. The molecule has 1 aliphatic heterocycles. The lowest BCUT2D eigenvalue weighted by atomic mass is 9.88. The van der Waals surface area contributed by atoms with Gasteiger partial charge in [-0.1, -0.05) is 19.3 Å². The van der Waals surface area contributed by atoms with E-state index in [9.17, 15) is 4.79 Å². The van der Waals surface area contributed by atoms with Crippen LogP contribution in [0.5, 0.6) is 0 Å². The molecule has 6 heteroatoms. The predicted octanol–water partition coefficient (Wildman–Crippen LogP) is 2.13. The summed E-state index contributed by atoms with van der Waals surface area (Å²) in [4.78, 5) is 18.9. The summed E-state index contributed by atoms with van der Waals surface area (Å²) in [5, 5.41) is 6.71. The van der Waals surface area contributed by atoms with Crippen molar-refractivity contribution in [2.24, 2.45) is 10.9 Å². The molecule has 1 aromatic heterocycles. The first-order valence-corrected chi connectivity index (χ1v) is 9.03. The van der Waals surface area contributed by atoms with Crippen LogP contribution in [0.15, 0.2) is 28.0 Å². The lowest BCUT2D eigenvalue weighted by Crippen LogP contribution is -2.45. The van der Waals surface area contributed by atoms with Gasteiger partial charge < -0.3 is 20.0 Å². The molecule has 1 unspecified atom stereocenters. The van der Waals surface area contributed by atoms with Crippen LogP contribution in [0.3, 0.4) is 0 Å². The summed E-state index contributed by atoms with van der Waals surface area (Å²) in [6, 6.07) is 2.20. The second-order valence-corrected chi connectivity index (χ2v) is 6.81. The molecule has 1 aromatic rings. The highest BCUT2D eigenvalue weighted by Crippen LogP contribution is 2.26. The molecule has 132 valence electrons. The molecule has 2 N–H and O–H groups in total. The number of nitrogens with zero attached hydrogens (tertiary/aromatic N) is 2. The first-order chi connectivity index (χ1) is 11.8. The van der Waals surface area contributed by atoms with Crippen LogP contribution in [0, 0.1) is 5.92 Å². The summed E-state index contributed by atoms with van der Waals surface area (Å²) in [6.07, 6.45) is 10.2. The Kier molecular flexibility index (Phi) is 5.77. The lowest BCUT2D eigenvalue weighted by molar-refractivity contribution is -0.135. The SMILES string of the molecule is CN=C(NCc1ccoc1)NC1CCN(C(=O)C2CCCCC2)C1. The van der Waals surface area contributed by atoms with E-state index in [2.05, 4.69) is 15.6 Å². The van der Waals surface area contributed by atoms with Crippen molar-refractivity contribution in [3.8, 4) is 0 Å². The number of aliphatic imine (C=N–C) groups is 1. The van der Waals surface area contributed by atoms with Gasteiger partial charge in [0.25, 0.3) is 0 Å². The molecule has 2 heterocycles. The van der Waals surface area contributed by atoms with Crippen LogP contribution in [0.25, 0.3) is 0 Å². The summed E-state index contributed by atoms with van der Waals surface area (Å²) >= 11 is 0. The van der Waals surface area contributed by atoms with E-state index in [1.165, 1.54) is 19.3 Å². The van der Waals surface area contributed by atoms with Gasteiger partial charge in [-0.3, -0.25) is 9.79 Å². The first kappa shape index (κ1) is 16.9. The average molecular weight is 332 g/mol. The van der Waals surface area contributed by atoms with E-state index in [0.717, 1.165) is 43.9 Å². The standard InChI is InChI=1S/C18H28N4O2/c1-19-18(20-11-14-8-10-24-13-14)21-16-7-9-22(12-16)17(23)15-5-3-2-4-6-15/h8,10,13,15-16H,2-7,9,11-12H2,1H3,(H2,19,20,21). The molecule has 2 fully saturated rings.